The second-order valence-electron chi connectivity index (χ2n) is 6.66. The number of aryl methyl sites for hydroxylation is 1. The second kappa shape index (κ2) is 7.81. The predicted molar refractivity (Wildman–Crippen MR) is 105 cm³/mol. The van der Waals surface area contributed by atoms with E-state index in [4.69, 9.17) is 0 Å². The van der Waals surface area contributed by atoms with Gasteiger partial charge < -0.3 is 10.1 Å². The molecule has 0 unspecified atom stereocenters. The first-order valence-corrected chi connectivity index (χ1v) is 9.02. The Morgan fingerprint density at radius 1 is 1.03 bits per heavy atom. The number of benzene rings is 2. The van der Waals surface area contributed by atoms with E-state index in [-0.39, 0.29) is 28.2 Å². The van der Waals surface area contributed by atoms with Gasteiger partial charge in [-0.25, -0.2) is 18.7 Å². The minimum absolute atomic E-state index is 0.0529. The summed E-state index contributed by atoms with van der Waals surface area (Å²) in [4.78, 5) is 8.49. The lowest BCUT2D eigenvalue weighted by atomic mass is 10.2. The van der Waals surface area contributed by atoms with E-state index in [1.54, 1.807) is 6.92 Å². The average molecular weight is 445 g/mol. The topological polar surface area (TPSA) is 75.8 Å². The van der Waals surface area contributed by atoms with Crippen molar-refractivity contribution in [2.45, 2.75) is 13.3 Å². The lowest BCUT2D eigenvalue weighted by molar-refractivity contribution is -0.274. The molecule has 1 N–H and O–H groups in total. The van der Waals surface area contributed by atoms with Gasteiger partial charge in [-0.05, 0) is 43.3 Å². The highest BCUT2D eigenvalue weighted by molar-refractivity contribution is 5.79. The van der Waals surface area contributed by atoms with Gasteiger partial charge in [0.1, 0.15) is 34.5 Å². The summed E-state index contributed by atoms with van der Waals surface area (Å²) in [6, 6.07) is 11.5. The quantitative estimate of drug-likeness (QED) is 0.419. The van der Waals surface area contributed by atoms with Gasteiger partial charge in [0.2, 0.25) is 0 Å². The van der Waals surface area contributed by atoms with Crippen molar-refractivity contribution in [1.29, 1.82) is 5.26 Å². The number of anilines is 2. The molecule has 0 amide bonds. The zero-order chi connectivity index (χ0) is 23.0. The van der Waals surface area contributed by atoms with Crippen molar-refractivity contribution in [2.24, 2.45) is 0 Å². The number of rotatable bonds is 4. The van der Waals surface area contributed by atoms with Crippen LogP contribution < -0.4 is 10.1 Å². The second-order valence-corrected chi connectivity index (χ2v) is 6.66. The van der Waals surface area contributed by atoms with Gasteiger partial charge in [0, 0.05) is 17.8 Å². The molecule has 0 aliphatic heterocycles. The van der Waals surface area contributed by atoms with E-state index in [1.807, 2.05) is 6.07 Å². The number of halogens is 5. The van der Waals surface area contributed by atoms with E-state index in [2.05, 4.69) is 20.0 Å². The van der Waals surface area contributed by atoms with Crippen LogP contribution in [0, 0.1) is 29.9 Å². The molecule has 0 atom stereocenters. The first-order chi connectivity index (χ1) is 15.1. The Balaban J connectivity index is 1.73. The van der Waals surface area contributed by atoms with Gasteiger partial charge in [0.25, 0.3) is 0 Å². The first kappa shape index (κ1) is 21.0. The van der Waals surface area contributed by atoms with Crippen LogP contribution in [0.1, 0.15) is 11.4 Å². The Morgan fingerprint density at radius 2 is 1.75 bits per heavy atom. The number of alkyl halides is 3. The largest absolute Gasteiger partial charge is 0.573 e. The lowest BCUT2D eigenvalue weighted by Gasteiger charge is -2.12. The third-order valence-corrected chi connectivity index (χ3v) is 4.38. The van der Waals surface area contributed by atoms with Crippen molar-refractivity contribution in [2.75, 3.05) is 5.32 Å². The molecule has 0 aliphatic carbocycles. The van der Waals surface area contributed by atoms with Crippen LogP contribution in [0.3, 0.4) is 0 Å². The first-order valence-electron chi connectivity index (χ1n) is 9.02. The molecule has 11 heteroatoms. The fourth-order valence-corrected chi connectivity index (χ4v) is 3.16. The van der Waals surface area contributed by atoms with Gasteiger partial charge in [0.15, 0.2) is 5.82 Å². The molecule has 0 saturated carbocycles. The Kier molecular flexibility index (Phi) is 5.14. The molecule has 0 saturated heterocycles. The number of fused-ring (bicyclic) bond motifs is 1. The Hall–Kier alpha value is -4.20. The van der Waals surface area contributed by atoms with Gasteiger partial charge in [-0.2, -0.15) is 5.26 Å². The predicted octanol–water partition coefficient (Wildman–Crippen LogP) is 5.52. The highest BCUT2D eigenvalue weighted by atomic mass is 19.4. The minimum Gasteiger partial charge on any atom is -0.406 e. The monoisotopic (exact) mass is 445 g/mol. The average Bonchev–Trinajstić information content (AvgIpc) is 3.04. The summed E-state index contributed by atoms with van der Waals surface area (Å²) in [6.07, 6.45) is -4.81. The van der Waals surface area contributed by atoms with Gasteiger partial charge in [-0.15, -0.1) is 13.2 Å². The van der Waals surface area contributed by atoms with E-state index in [0.717, 1.165) is 24.3 Å². The van der Waals surface area contributed by atoms with Crippen molar-refractivity contribution >= 4 is 22.5 Å². The standard InChI is InChI=1S/C21H12F5N5O/c1-11-28-20-16(23)8-13(22)9-17(20)31(11)19-7-12(10-27)6-18(30-19)29-14-2-4-15(5-3-14)32-21(24,25)26/h2-9H,1H3,(H,29,30). The summed E-state index contributed by atoms with van der Waals surface area (Å²) in [5.41, 5.74) is 0.634. The van der Waals surface area contributed by atoms with E-state index >= 15 is 0 Å². The third-order valence-electron chi connectivity index (χ3n) is 4.38. The van der Waals surface area contributed by atoms with Gasteiger partial charge in [0.05, 0.1) is 17.1 Å². The van der Waals surface area contributed by atoms with Crippen molar-refractivity contribution in [3.8, 4) is 17.6 Å². The summed E-state index contributed by atoms with van der Waals surface area (Å²) in [7, 11) is 0. The van der Waals surface area contributed by atoms with Crippen LogP contribution in [-0.4, -0.2) is 20.9 Å². The smallest absolute Gasteiger partial charge is 0.406 e. The van der Waals surface area contributed by atoms with Crippen LogP contribution >= 0.6 is 0 Å². The maximum absolute atomic E-state index is 14.1. The van der Waals surface area contributed by atoms with E-state index in [1.165, 1.54) is 28.8 Å². The van der Waals surface area contributed by atoms with Crippen LogP contribution in [0.2, 0.25) is 0 Å². The lowest BCUT2D eigenvalue weighted by Crippen LogP contribution is -2.16. The molecule has 6 nitrogen and oxygen atoms in total. The molecule has 162 valence electrons. The van der Waals surface area contributed by atoms with Crippen LogP contribution in [-0.2, 0) is 0 Å². The van der Waals surface area contributed by atoms with E-state index < -0.39 is 23.7 Å². The molecule has 2 heterocycles. The number of nitrogens with one attached hydrogen (secondary N) is 1. The summed E-state index contributed by atoms with van der Waals surface area (Å²) >= 11 is 0. The minimum atomic E-state index is -4.81. The summed E-state index contributed by atoms with van der Waals surface area (Å²) in [5.74, 6) is -1.36. The van der Waals surface area contributed by atoms with Crippen LogP contribution in [0.4, 0.5) is 33.5 Å². The van der Waals surface area contributed by atoms with Crippen LogP contribution in [0.25, 0.3) is 16.9 Å². The molecule has 32 heavy (non-hydrogen) atoms. The molecule has 4 aromatic rings. The molecule has 0 bridgehead atoms. The maximum atomic E-state index is 14.1. The number of pyridine rings is 1. The van der Waals surface area contributed by atoms with Gasteiger partial charge in [-0.3, -0.25) is 4.57 Å². The molecule has 2 aromatic carbocycles. The fraction of sp³-hybridized carbons (Fsp3) is 0.0952. The zero-order valence-corrected chi connectivity index (χ0v) is 16.2. The number of hydrogen-bond acceptors (Lipinski definition) is 5. The van der Waals surface area contributed by atoms with Crippen molar-refractivity contribution in [3.63, 3.8) is 0 Å². The highest BCUT2D eigenvalue weighted by Crippen LogP contribution is 2.27. The molecule has 0 aliphatic rings. The maximum Gasteiger partial charge on any atom is 0.573 e. The molecule has 0 radical (unpaired) electrons. The number of imidazole rings is 1. The molecular weight excluding hydrogens is 433 g/mol. The van der Waals surface area contributed by atoms with E-state index in [0.29, 0.717) is 11.5 Å². The molecule has 0 fully saturated rings. The highest BCUT2D eigenvalue weighted by Gasteiger charge is 2.31. The van der Waals surface area contributed by atoms with Crippen molar-refractivity contribution in [3.05, 3.63) is 71.6 Å². The number of ether oxygens (including phenoxy) is 1. The van der Waals surface area contributed by atoms with Gasteiger partial charge >= 0.3 is 6.36 Å². The Labute approximate surface area is 177 Å². The Morgan fingerprint density at radius 3 is 2.41 bits per heavy atom. The molecule has 4 rings (SSSR count). The number of nitrogens with zero attached hydrogens (tertiary/aromatic N) is 4. The summed E-state index contributed by atoms with van der Waals surface area (Å²) < 4.78 is 70.1. The number of aromatic nitrogens is 3. The van der Waals surface area contributed by atoms with Crippen molar-refractivity contribution < 1.29 is 26.7 Å². The SMILES string of the molecule is Cc1nc2c(F)cc(F)cc2n1-c1cc(C#N)cc(Nc2ccc(OC(F)(F)F)cc2)n1. The summed E-state index contributed by atoms with van der Waals surface area (Å²) in [5, 5.41) is 12.3. The van der Waals surface area contributed by atoms with Crippen LogP contribution in [0.5, 0.6) is 5.75 Å². The Bertz CT molecular complexity index is 1360. The normalized spacial score (nSPS) is 11.4. The molecular formula is C21H12F5N5O. The van der Waals surface area contributed by atoms with Crippen LogP contribution in [0.15, 0.2) is 48.5 Å². The fourth-order valence-electron chi connectivity index (χ4n) is 3.16. The number of hydrogen-bond donors (Lipinski definition) is 1. The van der Waals surface area contributed by atoms with E-state index in [9.17, 15) is 27.2 Å². The van der Waals surface area contributed by atoms with Gasteiger partial charge in [-0.1, -0.05) is 0 Å². The zero-order valence-electron chi connectivity index (χ0n) is 16.2. The third kappa shape index (κ3) is 4.29. The summed E-state index contributed by atoms with van der Waals surface area (Å²) in [6.45, 7) is 1.57. The molecule has 2 aromatic heterocycles. The van der Waals surface area contributed by atoms with Crippen molar-refractivity contribution in [1.82, 2.24) is 14.5 Å². The number of nitriles is 1. The molecule has 0 spiro atoms.